The maximum atomic E-state index is 13.4. The average Bonchev–Trinajstić information content (AvgIpc) is 3.10. The summed E-state index contributed by atoms with van der Waals surface area (Å²) in [6, 6.07) is 21.0. The summed E-state index contributed by atoms with van der Waals surface area (Å²) in [5.74, 6) is 0.191. The first-order valence-corrected chi connectivity index (χ1v) is 13.1. The van der Waals surface area contributed by atoms with Crippen molar-refractivity contribution < 1.29 is 12.8 Å². The minimum absolute atomic E-state index is 0.211. The van der Waals surface area contributed by atoms with Crippen LogP contribution in [-0.2, 0) is 15.6 Å². The standard InChI is InChI=1S/C27H27FN4O2S/c1-18-13-25-20(15-29-32(25)22-11-9-21(28)10-12-22)14-23(18)27-17-31(35(33,34)30(2)3)16-24(27)26(27)19-7-5-4-6-8-19/h4-15,24,26H,16-17H2,1-3H3/t24-,26-,27+/m1/s1. The van der Waals surface area contributed by atoms with Gasteiger partial charge in [0.05, 0.1) is 17.4 Å². The zero-order valence-corrected chi connectivity index (χ0v) is 20.7. The second-order valence-electron chi connectivity index (χ2n) is 9.88. The fourth-order valence-electron chi connectivity index (χ4n) is 6.10. The second kappa shape index (κ2) is 7.71. The Bertz CT molecular complexity index is 1530. The molecule has 1 saturated carbocycles. The Kier molecular flexibility index (Phi) is 4.94. The van der Waals surface area contributed by atoms with Gasteiger partial charge in [0.15, 0.2) is 0 Å². The van der Waals surface area contributed by atoms with E-state index in [1.54, 1.807) is 30.5 Å². The Hall–Kier alpha value is -3.07. The van der Waals surface area contributed by atoms with Crippen LogP contribution < -0.4 is 0 Å². The maximum Gasteiger partial charge on any atom is 0.281 e. The molecule has 0 N–H and O–H groups in total. The van der Waals surface area contributed by atoms with Gasteiger partial charge in [-0.1, -0.05) is 30.3 Å². The molecule has 6 rings (SSSR count). The van der Waals surface area contributed by atoms with Crippen LogP contribution in [0.3, 0.4) is 0 Å². The third-order valence-corrected chi connectivity index (χ3v) is 9.64. The van der Waals surface area contributed by atoms with Crippen LogP contribution in [0.2, 0.25) is 0 Å². The molecule has 2 heterocycles. The van der Waals surface area contributed by atoms with E-state index in [0.717, 1.165) is 22.2 Å². The van der Waals surface area contributed by atoms with Gasteiger partial charge in [-0.2, -0.15) is 22.1 Å². The van der Waals surface area contributed by atoms with E-state index >= 15 is 0 Å². The Morgan fingerprint density at radius 3 is 2.46 bits per heavy atom. The fourth-order valence-corrected chi connectivity index (χ4v) is 7.28. The lowest BCUT2D eigenvalue weighted by Gasteiger charge is -2.27. The first-order valence-electron chi connectivity index (χ1n) is 11.7. The smallest absolute Gasteiger partial charge is 0.233 e. The highest BCUT2D eigenvalue weighted by molar-refractivity contribution is 7.86. The molecule has 1 saturated heterocycles. The lowest BCUT2D eigenvalue weighted by molar-refractivity contribution is 0.384. The number of piperidine rings is 1. The molecule has 0 unspecified atom stereocenters. The molecular formula is C27H27FN4O2S. The summed E-state index contributed by atoms with van der Waals surface area (Å²) < 4.78 is 44.2. The van der Waals surface area contributed by atoms with Gasteiger partial charge in [0.25, 0.3) is 10.2 Å². The first-order chi connectivity index (χ1) is 16.7. The highest BCUT2D eigenvalue weighted by Gasteiger charge is 2.71. The number of rotatable bonds is 5. The molecule has 2 fully saturated rings. The van der Waals surface area contributed by atoms with E-state index in [-0.39, 0.29) is 23.1 Å². The van der Waals surface area contributed by atoms with Crippen molar-refractivity contribution in [3.05, 3.63) is 95.4 Å². The van der Waals surface area contributed by atoms with E-state index in [0.29, 0.717) is 13.1 Å². The average molecular weight is 491 g/mol. The predicted octanol–water partition coefficient (Wildman–Crippen LogP) is 4.25. The molecular weight excluding hydrogens is 463 g/mol. The van der Waals surface area contributed by atoms with E-state index < -0.39 is 10.2 Å². The zero-order chi connectivity index (χ0) is 24.5. The van der Waals surface area contributed by atoms with Crippen LogP contribution >= 0.6 is 0 Å². The Labute approximate surface area is 204 Å². The number of nitrogens with zero attached hydrogens (tertiary/aromatic N) is 4. The molecule has 4 aromatic rings. The summed E-state index contributed by atoms with van der Waals surface area (Å²) in [6.45, 7) is 3.05. The second-order valence-corrected chi connectivity index (χ2v) is 12.0. The van der Waals surface area contributed by atoms with Crippen LogP contribution in [-0.4, -0.2) is 54.0 Å². The molecule has 0 radical (unpaired) electrons. The molecule has 1 aromatic heterocycles. The van der Waals surface area contributed by atoms with Crippen LogP contribution in [0.4, 0.5) is 4.39 Å². The lowest BCUT2D eigenvalue weighted by atomic mass is 9.87. The normalized spacial score (nSPS) is 24.3. The minimum atomic E-state index is -3.50. The predicted molar refractivity (Wildman–Crippen MR) is 134 cm³/mol. The highest BCUT2D eigenvalue weighted by atomic mass is 32.2. The van der Waals surface area contributed by atoms with Gasteiger partial charge < -0.3 is 0 Å². The number of hydrogen-bond donors (Lipinski definition) is 0. The number of aromatic nitrogens is 2. The van der Waals surface area contributed by atoms with Crippen LogP contribution in [0, 0.1) is 18.7 Å². The summed E-state index contributed by atoms with van der Waals surface area (Å²) >= 11 is 0. The number of halogens is 1. The van der Waals surface area contributed by atoms with Gasteiger partial charge in [-0.25, -0.2) is 9.07 Å². The van der Waals surface area contributed by atoms with Crippen molar-refractivity contribution in [3.8, 4) is 5.69 Å². The summed E-state index contributed by atoms with van der Waals surface area (Å²) in [5.41, 5.74) is 5.00. The Morgan fingerprint density at radius 1 is 1.06 bits per heavy atom. The molecule has 0 amide bonds. The van der Waals surface area contributed by atoms with Crippen LogP contribution in [0.15, 0.2) is 72.9 Å². The molecule has 2 aliphatic rings. The van der Waals surface area contributed by atoms with Crippen molar-refractivity contribution >= 4 is 21.1 Å². The maximum absolute atomic E-state index is 13.4. The number of hydrogen-bond acceptors (Lipinski definition) is 3. The van der Waals surface area contributed by atoms with Crippen molar-refractivity contribution in [2.75, 3.05) is 27.2 Å². The van der Waals surface area contributed by atoms with Crippen molar-refractivity contribution in [2.24, 2.45) is 5.92 Å². The minimum Gasteiger partial charge on any atom is -0.233 e. The molecule has 3 atom stereocenters. The SMILES string of the molecule is Cc1cc2c(cnn2-c2ccc(F)cc2)cc1[C@@]12CN(S(=O)(=O)N(C)C)C[C@@H]1[C@H]2c1ccccc1. The Balaban J connectivity index is 1.46. The molecule has 1 aliphatic heterocycles. The van der Waals surface area contributed by atoms with Crippen LogP contribution in [0.1, 0.15) is 22.6 Å². The number of fused-ring (bicyclic) bond motifs is 2. The van der Waals surface area contributed by atoms with Gasteiger partial charge in [-0.15, -0.1) is 0 Å². The largest absolute Gasteiger partial charge is 0.281 e. The van der Waals surface area contributed by atoms with Crippen molar-refractivity contribution in [2.45, 2.75) is 18.3 Å². The van der Waals surface area contributed by atoms with E-state index in [1.165, 1.54) is 27.6 Å². The summed E-state index contributed by atoms with van der Waals surface area (Å²) in [4.78, 5) is 0. The van der Waals surface area contributed by atoms with Gasteiger partial charge in [-0.05, 0) is 65.9 Å². The molecule has 3 aromatic carbocycles. The molecule has 0 spiro atoms. The van der Waals surface area contributed by atoms with Crippen molar-refractivity contribution in [1.29, 1.82) is 0 Å². The van der Waals surface area contributed by atoms with Crippen molar-refractivity contribution in [3.63, 3.8) is 0 Å². The van der Waals surface area contributed by atoms with E-state index in [1.807, 2.05) is 29.1 Å². The number of aryl methyl sites for hydroxylation is 1. The summed E-state index contributed by atoms with van der Waals surface area (Å²) in [6.07, 6.45) is 1.83. The highest BCUT2D eigenvalue weighted by Crippen LogP contribution is 2.70. The molecule has 6 nitrogen and oxygen atoms in total. The third-order valence-electron chi connectivity index (χ3n) is 7.78. The Morgan fingerprint density at radius 2 is 1.77 bits per heavy atom. The first kappa shape index (κ1) is 22.4. The number of benzene rings is 3. The van der Waals surface area contributed by atoms with E-state index in [9.17, 15) is 12.8 Å². The van der Waals surface area contributed by atoms with Crippen LogP contribution in [0.25, 0.3) is 16.6 Å². The molecule has 35 heavy (non-hydrogen) atoms. The topological polar surface area (TPSA) is 58.4 Å². The van der Waals surface area contributed by atoms with Crippen molar-refractivity contribution in [1.82, 2.24) is 18.4 Å². The summed E-state index contributed by atoms with van der Waals surface area (Å²) in [7, 11) is -0.332. The molecule has 180 valence electrons. The van der Waals surface area contributed by atoms with Gasteiger partial charge in [0.2, 0.25) is 0 Å². The van der Waals surface area contributed by atoms with Gasteiger partial charge >= 0.3 is 0 Å². The molecule has 1 aliphatic carbocycles. The van der Waals surface area contributed by atoms with Gasteiger partial charge in [-0.3, -0.25) is 0 Å². The van der Waals surface area contributed by atoms with E-state index in [4.69, 9.17) is 0 Å². The fraction of sp³-hybridized carbons (Fsp3) is 0.296. The monoisotopic (exact) mass is 490 g/mol. The summed E-state index contributed by atoms with van der Waals surface area (Å²) in [5, 5.41) is 5.56. The molecule has 8 heteroatoms. The van der Waals surface area contributed by atoms with Crippen LogP contribution in [0.5, 0.6) is 0 Å². The third kappa shape index (κ3) is 3.27. The van der Waals surface area contributed by atoms with Gasteiger partial charge in [0, 0.05) is 43.9 Å². The van der Waals surface area contributed by atoms with E-state index in [2.05, 4.69) is 36.3 Å². The zero-order valence-electron chi connectivity index (χ0n) is 19.9. The quantitative estimate of drug-likeness (QED) is 0.420. The van der Waals surface area contributed by atoms with Gasteiger partial charge in [0.1, 0.15) is 5.82 Å². The molecule has 0 bridgehead atoms. The lowest BCUT2D eigenvalue weighted by Crippen LogP contribution is -2.41.